The number of nitrogens with zero attached hydrogens (tertiary/aromatic N) is 1. The second-order valence-electron chi connectivity index (χ2n) is 6.49. The largest absolute Gasteiger partial charge is 0.481 e. The Morgan fingerprint density at radius 1 is 1.12 bits per heavy atom. The highest BCUT2D eigenvalue weighted by atomic mass is 16.5. The molecule has 132 valence electrons. The van der Waals surface area contributed by atoms with E-state index in [4.69, 9.17) is 0 Å². The maximum atomic E-state index is 13.2. The van der Waals surface area contributed by atoms with Crippen LogP contribution in [0.15, 0.2) is 42.5 Å². The molecule has 1 saturated carbocycles. The number of carbonyl (C=O) groups excluding carboxylic acids is 2. The molecule has 0 spiro atoms. The first-order valence-corrected chi connectivity index (χ1v) is 8.37. The monoisotopic (exact) mass is 343 g/mol. The third-order valence-corrected chi connectivity index (χ3v) is 5.13. The molecular formula is C19H21NO5. The van der Waals surface area contributed by atoms with Crippen molar-refractivity contribution in [3.63, 3.8) is 0 Å². The van der Waals surface area contributed by atoms with Crippen LogP contribution < -0.4 is 4.90 Å². The summed E-state index contributed by atoms with van der Waals surface area (Å²) in [6.45, 7) is 0.166. The first-order valence-electron chi connectivity index (χ1n) is 8.37. The zero-order valence-electron chi connectivity index (χ0n) is 14.0. The number of para-hydroxylation sites is 1. The van der Waals surface area contributed by atoms with E-state index in [-0.39, 0.29) is 30.7 Å². The van der Waals surface area contributed by atoms with Crippen molar-refractivity contribution >= 4 is 23.5 Å². The van der Waals surface area contributed by atoms with Gasteiger partial charge in [-0.1, -0.05) is 30.4 Å². The first-order chi connectivity index (χ1) is 12.0. The molecular weight excluding hydrogens is 322 g/mol. The van der Waals surface area contributed by atoms with Crippen molar-refractivity contribution in [2.75, 3.05) is 18.6 Å². The van der Waals surface area contributed by atoms with Crippen LogP contribution in [-0.4, -0.2) is 36.6 Å². The summed E-state index contributed by atoms with van der Waals surface area (Å²) in [7, 11) is 1.30. The van der Waals surface area contributed by atoms with Gasteiger partial charge in [-0.05, 0) is 30.4 Å². The highest BCUT2D eigenvalue weighted by Gasteiger charge is 2.52. The molecule has 1 amide bonds. The van der Waals surface area contributed by atoms with Gasteiger partial charge in [-0.25, -0.2) is 0 Å². The van der Waals surface area contributed by atoms with Gasteiger partial charge in [-0.2, -0.15) is 0 Å². The SMILES string of the molecule is COC(=O)CCN(C(=O)[C@H]1[C@H](C(=O)O)[C@@H]2C=C[C@H]1C2)c1ccccc1. The van der Waals surface area contributed by atoms with E-state index in [0.29, 0.717) is 12.1 Å². The number of aliphatic carboxylic acids is 1. The van der Waals surface area contributed by atoms with Gasteiger partial charge in [0.15, 0.2) is 0 Å². The van der Waals surface area contributed by atoms with Crippen LogP contribution in [0.3, 0.4) is 0 Å². The average molecular weight is 343 g/mol. The number of carbonyl (C=O) groups is 3. The molecule has 2 aliphatic carbocycles. The van der Waals surface area contributed by atoms with Gasteiger partial charge >= 0.3 is 11.9 Å². The Bertz CT molecular complexity index is 699. The van der Waals surface area contributed by atoms with Crippen molar-refractivity contribution in [2.24, 2.45) is 23.7 Å². The Morgan fingerprint density at radius 2 is 1.76 bits per heavy atom. The first kappa shape index (κ1) is 17.2. The molecule has 0 aromatic heterocycles. The molecule has 4 atom stereocenters. The summed E-state index contributed by atoms with van der Waals surface area (Å²) in [6, 6.07) is 9.03. The molecule has 1 aromatic rings. The molecule has 0 unspecified atom stereocenters. The number of methoxy groups -OCH3 is 1. The van der Waals surface area contributed by atoms with Crippen LogP contribution >= 0.6 is 0 Å². The molecule has 3 rings (SSSR count). The fourth-order valence-electron chi connectivity index (χ4n) is 3.96. The zero-order chi connectivity index (χ0) is 18.0. The highest BCUT2D eigenvalue weighted by molar-refractivity contribution is 5.98. The topological polar surface area (TPSA) is 83.9 Å². The molecule has 6 nitrogen and oxygen atoms in total. The maximum Gasteiger partial charge on any atom is 0.307 e. The molecule has 0 saturated heterocycles. The molecule has 2 bridgehead atoms. The van der Waals surface area contributed by atoms with E-state index in [2.05, 4.69) is 4.74 Å². The molecule has 6 heteroatoms. The lowest BCUT2D eigenvalue weighted by Crippen LogP contribution is -2.44. The average Bonchev–Trinajstić information content (AvgIpc) is 3.23. The van der Waals surface area contributed by atoms with Gasteiger partial charge in [0.25, 0.3) is 0 Å². The number of carboxylic acid groups (broad SMARTS) is 1. The van der Waals surface area contributed by atoms with E-state index < -0.39 is 23.8 Å². The summed E-state index contributed by atoms with van der Waals surface area (Å²) in [4.78, 5) is 38.0. The van der Waals surface area contributed by atoms with Crippen molar-refractivity contribution in [1.29, 1.82) is 0 Å². The smallest absolute Gasteiger partial charge is 0.307 e. The van der Waals surface area contributed by atoms with Crippen LogP contribution in [0.2, 0.25) is 0 Å². The van der Waals surface area contributed by atoms with Gasteiger partial charge in [0.1, 0.15) is 0 Å². The minimum atomic E-state index is -0.934. The molecule has 1 N–H and O–H groups in total. The molecule has 0 aliphatic heterocycles. The zero-order valence-corrected chi connectivity index (χ0v) is 14.0. The Morgan fingerprint density at radius 3 is 2.36 bits per heavy atom. The second-order valence-corrected chi connectivity index (χ2v) is 6.49. The van der Waals surface area contributed by atoms with E-state index >= 15 is 0 Å². The Balaban J connectivity index is 1.87. The number of hydrogen-bond donors (Lipinski definition) is 1. The molecule has 0 heterocycles. The predicted octanol–water partition coefficient (Wildman–Crippen LogP) is 2.11. The minimum Gasteiger partial charge on any atom is -0.481 e. The van der Waals surface area contributed by atoms with Crippen LogP contribution in [0.1, 0.15) is 12.8 Å². The lowest BCUT2D eigenvalue weighted by molar-refractivity contribution is -0.147. The summed E-state index contributed by atoms with van der Waals surface area (Å²) in [5, 5.41) is 9.58. The molecule has 1 aromatic carbocycles. The fourth-order valence-corrected chi connectivity index (χ4v) is 3.96. The lowest BCUT2D eigenvalue weighted by atomic mass is 9.82. The second kappa shape index (κ2) is 7.09. The van der Waals surface area contributed by atoms with Crippen molar-refractivity contribution in [3.8, 4) is 0 Å². The van der Waals surface area contributed by atoms with E-state index in [0.717, 1.165) is 0 Å². The summed E-state index contributed by atoms with van der Waals surface area (Å²) in [6.07, 6.45) is 4.63. The Hall–Kier alpha value is -2.63. The van der Waals surface area contributed by atoms with E-state index in [1.54, 1.807) is 12.1 Å². The highest BCUT2D eigenvalue weighted by Crippen LogP contribution is 2.49. The summed E-state index contributed by atoms with van der Waals surface area (Å²) in [5.41, 5.74) is 0.660. The van der Waals surface area contributed by atoms with Gasteiger partial charge in [-0.3, -0.25) is 14.4 Å². The number of carboxylic acids is 1. The number of amides is 1. The Kier molecular flexibility index (Phi) is 4.88. The number of allylic oxidation sites excluding steroid dienone is 2. The van der Waals surface area contributed by atoms with Gasteiger partial charge in [0, 0.05) is 12.2 Å². The Labute approximate surface area is 146 Å². The number of hydrogen-bond acceptors (Lipinski definition) is 4. The third-order valence-electron chi connectivity index (χ3n) is 5.13. The summed E-state index contributed by atoms with van der Waals surface area (Å²) < 4.78 is 4.67. The molecule has 1 fully saturated rings. The number of benzene rings is 1. The molecule has 25 heavy (non-hydrogen) atoms. The number of ether oxygens (including phenoxy) is 1. The molecule has 0 radical (unpaired) electrons. The number of esters is 1. The van der Waals surface area contributed by atoms with Gasteiger partial charge in [0.05, 0.1) is 25.4 Å². The number of fused-ring (bicyclic) bond motifs is 2. The standard InChI is InChI=1S/C19H21NO5/c1-25-15(21)9-10-20(14-5-3-2-4-6-14)18(22)16-12-7-8-13(11-12)17(16)19(23)24/h2-8,12-13,16-17H,9-11H2,1H3,(H,23,24)/t12-,13+,16+,17+/m0/s1. The van der Waals surface area contributed by atoms with Crippen LogP contribution in [-0.2, 0) is 19.1 Å². The molecule has 2 aliphatic rings. The maximum absolute atomic E-state index is 13.2. The van der Waals surface area contributed by atoms with Crippen LogP contribution in [0.25, 0.3) is 0 Å². The minimum absolute atomic E-state index is 0.0528. The van der Waals surface area contributed by atoms with Crippen molar-refractivity contribution < 1.29 is 24.2 Å². The lowest BCUT2D eigenvalue weighted by Gasteiger charge is -2.31. The third kappa shape index (κ3) is 3.29. The number of anilines is 1. The van der Waals surface area contributed by atoms with Crippen molar-refractivity contribution in [2.45, 2.75) is 12.8 Å². The van der Waals surface area contributed by atoms with E-state index in [9.17, 15) is 19.5 Å². The van der Waals surface area contributed by atoms with Gasteiger partial charge in [-0.15, -0.1) is 0 Å². The summed E-state index contributed by atoms with van der Waals surface area (Å²) in [5.74, 6) is -3.01. The normalized spacial score (nSPS) is 26.4. The van der Waals surface area contributed by atoms with Gasteiger partial charge in [0.2, 0.25) is 5.91 Å². The quantitative estimate of drug-likeness (QED) is 0.632. The number of rotatable bonds is 6. The summed E-state index contributed by atoms with van der Waals surface area (Å²) >= 11 is 0. The predicted molar refractivity (Wildman–Crippen MR) is 90.8 cm³/mol. The van der Waals surface area contributed by atoms with Gasteiger partial charge < -0.3 is 14.7 Å². The van der Waals surface area contributed by atoms with Crippen LogP contribution in [0.4, 0.5) is 5.69 Å². The van der Waals surface area contributed by atoms with Crippen molar-refractivity contribution in [1.82, 2.24) is 0 Å². The van der Waals surface area contributed by atoms with E-state index in [1.807, 2.05) is 30.4 Å². The van der Waals surface area contributed by atoms with Crippen LogP contribution in [0.5, 0.6) is 0 Å². The van der Waals surface area contributed by atoms with Crippen molar-refractivity contribution in [3.05, 3.63) is 42.5 Å². The fraction of sp³-hybridized carbons (Fsp3) is 0.421. The van der Waals surface area contributed by atoms with E-state index in [1.165, 1.54) is 12.0 Å². The van der Waals surface area contributed by atoms with Crippen LogP contribution in [0, 0.1) is 23.7 Å².